The van der Waals surface area contributed by atoms with Crippen LogP contribution in [0.5, 0.6) is 0 Å². The molecule has 0 bridgehead atoms. The number of likely N-dealkylation sites (N-methyl/N-ethyl adjacent to an activating group) is 2. The smallest absolute Gasteiger partial charge is 0.319 e. The van der Waals surface area contributed by atoms with Crippen LogP contribution in [0.25, 0.3) is 0 Å². The minimum absolute atomic E-state index is 0.121. The van der Waals surface area contributed by atoms with Gasteiger partial charge in [0.25, 0.3) is 0 Å². The third-order valence-corrected chi connectivity index (χ3v) is 2.97. The van der Waals surface area contributed by atoms with Crippen molar-refractivity contribution in [2.75, 3.05) is 20.6 Å². The van der Waals surface area contributed by atoms with Gasteiger partial charge in [-0.2, -0.15) is 0 Å². The summed E-state index contributed by atoms with van der Waals surface area (Å²) in [7, 11) is 3.73. The molecule has 0 aliphatic carbocycles. The number of rotatable bonds is 2. The molecule has 15 heavy (non-hydrogen) atoms. The molecule has 0 spiro atoms. The van der Waals surface area contributed by atoms with Crippen LogP contribution in [0.15, 0.2) is 30.3 Å². The minimum Gasteiger partial charge on any atom is -0.326 e. The number of carbonyl (C=O) groups is 1. The van der Waals surface area contributed by atoms with E-state index in [1.165, 1.54) is 5.56 Å². The Morgan fingerprint density at radius 2 is 1.93 bits per heavy atom. The highest BCUT2D eigenvalue weighted by atomic mass is 16.2. The van der Waals surface area contributed by atoms with Gasteiger partial charge in [-0.15, -0.1) is 0 Å². The summed E-state index contributed by atoms with van der Waals surface area (Å²) in [6, 6.07) is 10.7. The highest BCUT2D eigenvalue weighted by Gasteiger charge is 2.31. The van der Waals surface area contributed by atoms with Crippen LogP contribution in [0.4, 0.5) is 4.79 Å². The van der Waals surface area contributed by atoms with E-state index >= 15 is 0 Å². The average molecular weight is 204 g/mol. The molecule has 0 saturated carbocycles. The van der Waals surface area contributed by atoms with Gasteiger partial charge >= 0.3 is 6.03 Å². The van der Waals surface area contributed by atoms with Crippen molar-refractivity contribution in [3.8, 4) is 0 Å². The molecule has 1 unspecified atom stereocenters. The normalized spacial score (nSPS) is 21.2. The lowest BCUT2D eigenvalue weighted by molar-refractivity contribution is 0.201. The number of hydrogen-bond acceptors (Lipinski definition) is 1. The number of benzene rings is 1. The topological polar surface area (TPSA) is 23.6 Å². The van der Waals surface area contributed by atoms with Crippen molar-refractivity contribution in [1.29, 1.82) is 0 Å². The monoisotopic (exact) mass is 204 g/mol. The maximum atomic E-state index is 11.6. The first-order valence-corrected chi connectivity index (χ1v) is 5.20. The second kappa shape index (κ2) is 3.93. The molecule has 2 rings (SSSR count). The Balaban J connectivity index is 2.05. The van der Waals surface area contributed by atoms with Crippen molar-refractivity contribution in [1.82, 2.24) is 9.80 Å². The van der Waals surface area contributed by atoms with Gasteiger partial charge in [-0.05, 0) is 12.0 Å². The predicted octanol–water partition coefficient (Wildman–Crippen LogP) is 1.59. The van der Waals surface area contributed by atoms with E-state index in [0.717, 1.165) is 13.0 Å². The maximum absolute atomic E-state index is 11.6. The van der Waals surface area contributed by atoms with E-state index in [0.29, 0.717) is 6.04 Å². The molecule has 1 aliphatic rings. The molecule has 1 aromatic rings. The molecule has 2 amide bonds. The van der Waals surface area contributed by atoms with Gasteiger partial charge < -0.3 is 9.80 Å². The number of amides is 2. The van der Waals surface area contributed by atoms with Crippen LogP contribution in [-0.4, -0.2) is 42.5 Å². The van der Waals surface area contributed by atoms with Gasteiger partial charge in [0.05, 0.1) is 6.04 Å². The second-order valence-corrected chi connectivity index (χ2v) is 4.12. The molecule has 0 N–H and O–H groups in total. The van der Waals surface area contributed by atoms with E-state index in [-0.39, 0.29) is 6.03 Å². The van der Waals surface area contributed by atoms with E-state index in [9.17, 15) is 4.79 Å². The lowest BCUT2D eigenvalue weighted by Gasteiger charge is -2.17. The Bertz CT molecular complexity index is 350. The zero-order chi connectivity index (χ0) is 10.8. The Morgan fingerprint density at radius 1 is 1.27 bits per heavy atom. The molecule has 1 aliphatic heterocycles. The molecular weight excluding hydrogens is 188 g/mol. The highest BCUT2D eigenvalue weighted by molar-refractivity contribution is 5.76. The quantitative estimate of drug-likeness (QED) is 0.717. The van der Waals surface area contributed by atoms with Crippen LogP contribution < -0.4 is 0 Å². The third kappa shape index (κ3) is 1.96. The van der Waals surface area contributed by atoms with Gasteiger partial charge in [0, 0.05) is 20.6 Å². The Labute approximate surface area is 90.3 Å². The Morgan fingerprint density at radius 3 is 2.47 bits per heavy atom. The molecule has 1 aromatic carbocycles. The summed E-state index contributed by atoms with van der Waals surface area (Å²) in [4.78, 5) is 15.2. The van der Waals surface area contributed by atoms with Crippen molar-refractivity contribution in [3.05, 3.63) is 35.9 Å². The number of hydrogen-bond donors (Lipinski definition) is 0. The van der Waals surface area contributed by atoms with Crippen LogP contribution in [0.1, 0.15) is 5.56 Å². The van der Waals surface area contributed by atoms with Gasteiger partial charge in [0.15, 0.2) is 0 Å². The van der Waals surface area contributed by atoms with Gasteiger partial charge in [0.2, 0.25) is 0 Å². The van der Waals surface area contributed by atoms with E-state index < -0.39 is 0 Å². The van der Waals surface area contributed by atoms with Crippen LogP contribution in [0.3, 0.4) is 0 Å². The largest absolute Gasteiger partial charge is 0.326 e. The molecular formula is C12H16N2O. The summed E-state index contributed by atoms with van der Waals surface area (Å²) in [6.07, 6.45) is 0.938. The van der Waals surface area contributed by atoms with Gasteiger partial charge in [-0.25, -0.2) is 4.79 Å². The summed E-state index contributed by atoms with van der Waals surface area (Å²) >= 11 is 0. The summed E-state index contributed by atoms with van der Waals surface area (Å²) in [6.45, 7) is 0.824. The van der Waals surface area contributed by atoms with E-state index in [2.05, 4.69) is 12.1 Å². The zero-order valence-corrected chi connectivity index (χ0v) is 9.18. The molecule has 1 fully saturated rings. The lowest BCUT2D eigenvalue weighted by atomic mass is 10.1. The number of nitrogens with zero attached hydrogens (tertiary/aromatic N) is 2. The van der Waals surface area contributed by atoms with Gasteiger partial charge in [0.1, 0.15) is 0 Å². The van der Waals surface area contributed by atoms with Crippen molar-refractivity contribution >= 4 is 6.03 Å². The van der Waals surface area contributed by atoms with Crippen molar-refractivity contribution in [3.63, 3.8) is 0 Å². The Kier molecular flexibility index (Phi) is 2.62. The van der Waals surface area contributed by atoms with Crippen LogP contribution >= 0.6 is 0 Å². The summed E-state index contributed by atoms with van der Waals surface area (Å²) in [5, 5.41) is 0. The first-order valence-electron chi connectivity index (χ1n) is 5.20. The molecule has 3 nitrogen and oxygen atoms in total. The first-order chi connectivity index (χ1) is 7.18. The summed E-state index contributed by atoms with van der Waals surface area (Å²) in [5.74, 6) is 0. The summed E-state index contributed by atoms with van der Waals surface area (Å²) in [5.41, 5.74) is 1.29. The zero-order valence-electron chi connectivity index (χ0n) is 9.18. The molecule has 1 saturated heterocycles. The molecule has 1 heterocycles. The van der Waals surface area contributed by atoms with Crippen molar-refractivity contribution < 1.29 is 4.79 Å². The average Bonchev–Trinajstić information content (AvgIpc) is 2.48. The van der Waals surface area contributed by atoms with Crippen LogP contribution in [-0.2, 0) is 6.42 Å². The fourth-order valence-electron chi connectivity index (χ4n) is 2.03. The van der Waals surface area contributed by atoms with Gasteiger partial charge in [-0.1, -0.05) is 30.3 Å². The highest BCUT2D eigenvalue weighted by Crippen LogP contribution is 2.16. The summed E-state index contributed by atoms with van der Waals surface area (Å²) < 4.78 is 0. The molecule has 0 radical (unpaired) electrons. The first kappa shape index (κ1) is 10.0. The molecule has 1 atom stereocenters. The predicted molar refractivity (Wildman–Crippen MR) is 59.7 cm³/mol. The Hall–Kier alpha value is -1.51. The standard InChI is InChI=1S/C12H16N2O/c1-13-9-11(14(2)12(13)15)8-10-6-4-3-5-7-10/h3-7,11H,8-9H2,1-2H3. The second-order valence-electron chi connectivity index (χ2n) is 4.12. The van der Waals surface area contributed by atoms with Gasteiger partial charge in [-0.3, -0.25) is 0 Å². The maximum Gasteiger partial charge on any atom is 0.319 e. The fourth-order valence-corrected chi connectivity index (χ4v) is 2.03. The van der Waals surface area contributed by atoms with Crippen LogP contribution in [0.2, 0.25) is 0 Å². The van der Waals surface area contributed by atoms with E-state index in [1.807, 2.05) is 37.2 Å². The van der Waals surface area contributed by atoms with Crippen molar-refractivity contribution in [2.45, 2.75) is 12.5 Å². The third-order valence-electron chi connectivity index (χ3n) is 2.97. The van der Waals surface area contributed by atoms with Crippen molar-refractivity contribution in [2.24, 2.45) is 0 Å². The molecule has 0 aromatic heterocycles. The molecule has 80 valence electrons. The van der Waals surface area contributed by atoms with Crippen LogP contribution in [0, 0.1) is 0 Å². The number of carbonyl (C=O) groups excluding carboxylic acids is 1. The number of urea groups is 1. The lowest BCUT2D eigenvalue weighted by Crippen LogP contribution is -2.31. The van der Waals surface area contributed by atoms with E-state index in [1.54, 1.807) is 4.90 Å². The van der Waals surface area contributed by atoms with E-state index in [4.69, 9.17) is 0 Å². The molecule has 3 heteroatoms. The fraction of sp³-hybridized carbons (Fsp3) is 0.417. The SMILES string of the molecule is CN1CC(Cc2ccccc2)N(C)C1=O. The minimum atomic E-state index is 0.121.